The van der Waals surface area contributed by atoms with Gasteiger partial charge in [0.2, 0.25) is 5.91 Å². The Labute approximate surface area is 166 Å². The summed E-state index contributed by atoms with van der Waals surface area (Å²) in [6.07, 6.45) is 0.798. The van der Waals surface area contributed by atoms with E-state index in [4.69, 9.17) is 5.73 Å². The SMILES string of the molecule is Cc1cc(C)cc(NC(N)=NCC(=O)NCCc2ccccc2)c1.I. The normalized spacial score (nSPS) is 10.7. The summed E-state index contributed by atoms with van der Waals surface area (Å²) in [5.41, 5.74) is 10.2. The molecule has 25 heavy (non-hydrogen) atoms. The first kappa shape index (κ1) is 21.0. The smallest absolute Gasteiger partial charge is 0.241 e. The van der Waals surface area contributed by atoms with Gasteiger partial charge in [-0.3, -0.25) is 4.79 Å². The molecule has 2 aromatic rings. The van der Waals surface area contributed by atoms with Gasteiger partial charge in [0.15, 0.2) is 5.96 Å². The van der Waals surface area contributed by atoms with Crippen LogP contribution < -0.4 is 16.4 Å². The fraction of sp³-hybridized carbons (Fsp3) is 0.263. The van der Waals surface area contributed by atoms with Gasteiger partial charge < -0.3 is 16.4 Å². The van der Waals surface area contributed by atoms with E-state index in [0.717, 1.165) is 23.2 Å². The van der Waals surface area contributed by atoms with Crippen molar-refractivity contribution in [3.8, 4) is 0 Å². The maximum Gasteiger partial charge on any atom is 0.241 e. The molecule has 0 unspecified atom stereocenters. The van der Waals surface area contributed by atoms with E-state index < -0.39 is 0 Å². The van der Waals surface area contributed by atoms with E-state index in [2.05, 4.69) is 21.7 Å². The highest BCUT2D eigenvalue weighted by molar-refractivity contribution is 14.0. The molecular weight excluding hydrogens is 427 g/mol. The van der Waals surface area contributed by atoms with Gasteiger partial charge in [0.1, 0.15) is 6.54 Å². The van der Waals surface area contributed by atoms with Crippen molar-refractivity contribution in [1.82, 2.24) is 5.32 Å². The predicted octanol–water partition coefficient (Wildman–Crippen LogP) is 3.01. The number of nitrogens with two attached hydrogens (primary N) is 1. The van der Waals surface area contributed by atoms with E-state index in [1.807, 2.05) is 56.3 Å². The third-order valence-electron chi connectivity index (χ3n) is 3.47. The van der Waals surface area contributed by atoms with Crippen molar-refractivity contribution in [2.75, 3.05) is 18.4 Å². The van der Waals surface area contributed by atoms with Crippen molar-refractivity contribution >= 4 is 41.5 Å². The third kappa shape index (κ3) is 8.02. The number of carbonyl (C=O) groups excluding carboxylic acids is 1. The van der Waals surface area contributed by atoms with Crippen LogP contribution in [0.15, 0.2) is 53.5 Å². The number of nitrogens with zero attached hydrogens (tertiary/aromatic N) is 1. The number of benzene rings is 2. The predicted molar refractivity (Wildman–Crippen MR) is 115 cm³/mol. The van der Waals surface area contributed by atoms with E-state index in [0.29, 0.717) is 6.54 Å². The van der Waals surface area contributed by atoms with Crippen LogP contribution in [-0.2, 0) is 11.2 Å². The Morgan fingerprint density at radius 2 is 1.72 bits per heavy atom. The van der Waals surface area contributed by atoms with E-state index >= 15 is 0 Å². The van der Waals surface area contributed by atoms with E-state index in [1.165, 1.54) is 5.56 Å². The van der Waals surface area contributed by atoms with Gasteiger partial charge in [0.05, 0.1) is 0 Å². The van der Waals surface area contributed by atoms with Crippen LogP contribution >= 0.6 is 24.0 Å². The number of aliphatic imine (C=N–C) groups is 1. The number of halogens is 1. The monoisotopic (exact) mass is 452 g/mol. The molecule has 2 rings (SSSR count). The topological polar surface area (TPSA) is 79.5 Å². The van der Waals surface area contributed by atoms with Crippen LogP contribution in [0.4, 0.5) is 5.69 Å². The van der Waals surface area contributed by atoms with Crippen LogP contribution in [0.2, 0.25) is 0 Å². The first-order valence-electron chi connectivity index (χ1n) is 7.99. The van der Waals surface area contributed by atoms with Gasteiger partial charge in [0.25, 0.3) is 0 Å². The summed E-state index contributed by atoms with van der Waals surface area (Å²) < 4.78 is 0. The molecule has 0 saturated carbocycles. The second-order valence-corrected chi connectivity index (χ2v) is 5.79. The molecule has 1 amide bonds. The zero-order valence-corrected chi connectivity index (χ0v) is 16.9. The van der Waals surface area contributed by atoms with E-state index in [1.54, 1.807) is 0 Å². The van der Waals surface area contributed by atoms with E-state index in [9.17, 15) is 4.79 Å². The Balaban J connectivity index is 0.00000312. The average molecular weight is 452 g/mol. The quantitative estimate of drug-likeness (QED) is 0.358. The zero-order chi connectivity index (χ0) is 17.4. The number of aryl methyl sites for hydroxylation is 2. The van der Waals surface area contributed by atoms with Gasteiger partial charge in [-0.25, -0.2) is 4.99 Å². The summed E-state index contributed by atoms with van der Waals surface area (Å²) in [7, 11) is 0. The Morgan fingerprint density at radius 1 is 1.08 bits per heavy atom. The summed E-state index contributed by atoms with van der Waals surface area (Å²) >= 11 is 0. The lowest BCUT2D eigenvalue weighted by Gasteiger charge is -2.08. The van der Waals surface area contributed by atoms with Gasteiger partial charge in [-0.2, -0.15) is 0 Å². The van der Waals surface area contributed by atoms with Gasteiger partial charge in [-0.15, -0.1) is 24.0 Å². The van der Waals surface area contributed by atoms with Gasteiger partial charge in [0, 0.05) is 12.2 Å². The lowest BCUT2D eigenvalue weighted by atomic mass is 10.1. The molecule has 2 aromatic carbocycles. The zero-order valence-electron chi connectivity index (χ0n) is 14.6. The number of hydrogen-bond donors (Lipinski definition) is 3. The van der Waals surface area contributed by atoms with Crippen molar-refractivity contribution in [1.29, 1.82) is 0 Å². The summed E-state index contributed by atoms with van der Waals surface area (Å²) in [5, 5.41) is 5.85. The van der Waals surface area contributed by atoms with Gasteiger partial charge in [-0.1, -0.05) is 36.4 Å². The van der Waals surface area contributed by atoms with Crippen molar-refractivity contribution in [2.45, 2.75) is 20.3 Å². The van der Waals surface area contributed by atoms with Gasteiger partial charge in [-0.05, 0) is 49.1 Å². The Bertz CT molecular complexity index is 696. The van der Waals surface area contributed by atoms with Crippen LogP contribution in [0.3, 0.4) is 0 Å². The lowest BCUT2D eigenvalue weighted by Crippen LogP contribution is -2.30. The number of anilines is 1. The highest BCUT2D eigenvalue weighted by Crippen LogP contribution is 2.13. The Hall–Kier alpha value is -2.09. The molecule has 0 spiro atoms. The number of nitrogens with one attached hydrogen (secondary N) is 2. The van der Waals surface area contributed by atoms with Crippen molar-refractivity contribution in [3.63, 3.8) is 0 Å². The standard InChI is InChI=1S/C19H24N4O.HI/c1-14-10-15(2)12-17(11-14)23-19(20)22-13-18(24)21-9-8-16-6-4-3-5-7-16;/h3-7,10-12H,8-9,13H2,1-2H3,(H,21,24)(H3,20,22,23);1H. The fourth-order valence-corrected chi connectivity index (χ4v) is 2.44. The summed E-state index contributed by atoms with van der Waals surface area (Å²) in [6, 6.07) is 16.1. The summed E-state index contributed by atoms with van der Waals surface area (Å²) in [5.74, 6) is 0.0920. The molecule has 0 radical (unpaired) electrons. The minimum absolute atomic E-state index is 0. The molecular formula is C19H25IN4O. The molecule has 4 N–H and O–H groups in total. The first-order chi connectivity index (χ1) is 11.5. The maximum atomic E-state index is 11.8. The molecule has 0 aliphatic carbocycles. The van der Waals surface area contributed by atoms with Crippen LogP contribution in [0.5, 0.6) is 0 Å². The van der Waals surface area contributed by atoms with Crippen LogP contribution in [-0.4, -0.2) is 25.0 Å². The Kier molecular flexibility index (Phi) is 8.98. The largest absolute Gasteiger partial charge is 0.370 e. The van der Waals surface area contributed by atoms with Crippen molar-refractivity contribution in [2.24, 2.45) is 10.7 Å². The van der Waals surface area contributed by atoms with Crippen LogP contribution in [0, 0.1) is 13.8 Å². The molecule has 134 valence electrons. The molecule has 5 nitrogen and oxygen atoms in total. The number of hydrogen-bond acceptors (Lipinski definition) is 2. The molecule has 0 saturated heterocycles. The molecule has 0 heterocycles. The minimum Gasteiger partial charge on any atom is -0.370 e. The van der Waals surface area contributed by atoms with E-state index in [-0.39, 0.29) is 42.4 Å². The minimum atomic E-state index is -0.142. The van der Waals surface area contributed by atoms with Crippen LogP contribution in [0.25, 0.3) is 0 Å². The highest BCUT2D eigenvalue weighted by atomic mass is 127. The first-order valence-corrected chi connectivity index (χ1v) is 7.99. The fourth-order valence-electron chi connectivity index (χ4n) is 2.44. The second kappa shape index (κ2) is 10.7. The lowest BCUT2D eigenvalue weighted by molar-refractivity contribution is -0.119. The molecule has 0 aliphatic heterocycles. The molecule has 0 atom stereocenters. The third-order valence-corrected chi connectivity index (χ3v) is 3.47. The summed E-state index contributed by atoms with van der Waals surface area (Å²) in [4.78, 5) is 15.9. The Morgan fingerprint density at radius 3 is 2.36 bits per heavy atom. The van der Waals surface area contributed by atoms with Crippen LogP contribution in [0.1, 0.15) is 16.7 Å². The summed E-state index contributed by atoms with van der Waals surface area (Å²) in [6.45, 7) is 4.64. The molecule has 0 aromatic heterocycles. The number of guanidine groups is 1. The maximum absolute atomic E-state index is 11.8. The molecule has 6 heteroatoms. The second-order valence-electron chi connectivity index (χ2n) is 5.79. The van der Waals surface area contributed by atoms with Crippen molar-refractivity contribution in [3.05, 3.63) is 65.2 Å². The number of carbonyl (C=O) groups is 1. The van der Waals surface area contributed by atoms with Crippen molar-refractivity contribution < 1.29 is 4.79 Å². The molecule has 0 bridgehead atoms. The average Bonchev–Trinajstić information content (AvgIpc) is 2.53. The highest BCUT2D eigenvalue weighted by Gasteiger charge is 2.02. The molecule has 0 fully saturated rings. The number of rotatable bonds is 6. The molecule has 0 aliphatic rings. The number of amides is 1. The van der Waals surface area contributed by atoms with Gasteiger partial charge >= 0.3 is 0 Å².